The van der Waals surface area contributed by atoms with E-state index in [0.717, 1.165) is 19.3 Å². The van der Waals surface area contributed by atoms with Crippen LogP contribution >= 0.6 is 0 Å². The van der Waals surface area contributed by atoms with Crippen LogP contribution < -0.4 is 10.2 Å². The summed E-state index contributed by atoms with van der Waals surface area (Å²) < 4.78 is 31.2. The van der Waals surface area contributed by atoms with Gasteiger partial charge in [0.05, 0.1) is 30.3 Å². The van der Waals surface area contributed by atoms with Gasteiger partial charge in [0.2, 0.25) is 0 Å². The topological polar surface area (TPSA) is 79.1 Å². The summed E-state index contributed by atoms with van der Waals surface area (Å²) in [4.78, 5) is 10.6. The maximum absolute atomic E-state index is 14.9. The van der Waals surface area contributed by atoms with Crippen LogP contribution in [0.25, 0.3) is 22.4 Å². The zero-order valence-electron chi connectivity index (χ0n) is 17.3. The van der Waals surface area contributed by atoms with Crippen molar-refractivity contribution in [1.82, 2.24) is 25.1 Å². The average molecular weight is 426 g/mol. The van der Waals surface area contributed by atoms with E-state index in [-0.39, 0.29) is 29.0 Å². The van der Waals surface area contributed by atoms with Gasteiger partial charge in [-0.2, -0.15) is 5.10 Å². The van der Waals surface area contributed by atoms with Crippen molar-refractivity contribution < 1.29 is 13.9 Å². The number of nitrogens with one attached hydrogen (secondary N) is 1. The normalized spacial score (nSPS) is 25.0. The third kappa shape index (κ3) is 3.52. The Kier molecular flexibility index (Phi) is 4.85. The Bertz CT molecular complexity index is 1100. The highest BCUT2D eigenvalue weighted by Gasteiger charge is 2.43. The molecule has 2 N–H and O–H groups in total. The smallest absolute Gasteiger partial charge is 0.147 e. The Morgan fingerprint density at radius 2 is 2.00 bits per heavy atom. The summed E-state index contributed by atoms with van der Waals surface area (Å²) in [7, 11) is 3.56. The van der Waals surface area contributed by atoms with Gasteiger partial charge in [-0.1, -0.05) is 0 Å². The van der Waals surface area contributed by atoms with E-state index < -0.39 is 12.0 Å². The highest BCUT2D eigenvalue weighted by molar-refractivity contribution is 5.74. The maximum Gasteiger partial charge on any atom is 0.147 e. The van der Waals surface area contributed by atoms with E-state index in [4.69, 9.17) is 0 Å². The van der Waals surface area contributed by atoms with Gasteiger partial charge < -0.3 is 15.3 Å². The summed E-state index contributed by atoms with van der Waals surface area (Å²) in [6.07, 6.45) is 7.84. The number of anilines is 1. The largest absolute Gasteiger partial charge is 0.507 e. The van der Waals surface area contributed by atoms with Gasteiger partial charge in [-0.3, -0.25) is 9.67 Å². The number of rotatable bonds is 4. The lowest BCUT2D eigenvalue weighted by Gasteiger charge is -2.38. The number of nitrogens with zero attached hydrogens (tertiary/aromatic N) is 5. The lowest BCUT2D eigenvalue weighted by atomic mass is 9.96. The van der Waals surface area contributed by atoms with Crippen LogP contribution in [0.4, 0.5) is 14.6 Å². The maximum atomic E-state index is 14.9. The molecule has 0 saturated carbocycles. The van der Waals surface area contributed by atoms with Gasteiger partial charge in [0.15, 0.2) is 0 Å². The van der Waals surface area contributed by atoms with Crippen molar-refractivity contribution in [2.75, 3.05) is 11.9 Å². The second kappa shape index (κ2) is 7.56. The van der Waals surface area contributed by atoms with Crippen molar-refractivity contribution in [3.05, 3.63) is 42.7 Å². The average Bonchev–Trinajstić information content (AvgIpc) is 3.38. The van der Waals surface area contributed by atoms with Crippen molar-refractivity contribution in [2.45, 2.75) is 43.6 Å². The number of hydrogen-bond acceptors (Lipinski definition) is 6. The Hall–Kier alpha value is -3.07. The molecule has 2 aliphatic heterocycles. The van der Waals surface area contributed by atoms with Crippen LogP contribution in [0.3, 0.4) is 0 Å². The molecule has 0 radical (unpaired) electrons. The number of aromatic nitrogens is 4. The molecule has 3 aromatic rings. The van der Waals surface area contributed by atoms with Gasteiger partial charge in [-0.25, -0.2) is 13.8 Å². The molecule has 4 atom stereocenters. The summed E-state index contributed by atoms with van der Waals surface area (Å²) in [5.74, 6) is -0.0479. The van der Waals surface area contributed by atoms with Crippen molar-refractivity contribution in [3.63, 3.8) is 0 Å². The minimum Gasteiger partial charge on any atom is -0.507 e. The van der Waals surface area contributed by atoms with Gasteiger partial charge in [-0.15, -0.1) is 0 Å². The molecule has 0 amide bonds. The highest BCUT2D eigenvalue weighted by atomic mass is 19.1. The van der Waals surface area contributed by atoms with Crippen LogP contribution in [0.5, 0.6) is 5.75 Å². The SMILES string of the molecule is CN(c1cnc(-c2cc(F)c(-c3cnn(C)c3)cc2O)cn1)C1CC2CCC(N2)C1F. The lowest BCUT2D eigenvalue weighted by molar-refractivity contribution is 0.176. The molecule has 9 heteroatoms. The van der Waals surface area contributed by atoms with E-state index in [9.17, 15) is 13.9 Å². The zero-order valence-corrected chi connectivity index (χ0v) is 17.3. The Balaban J connectivity index is 1.39. The predicted molar refractivity (Wildman–Crippen MR) is 113 cm³/mol. The first kappa shape index (κ1) is 19.9. The first-order chi connectivity index (χ1) is 14.9. The van der Waals surface area contributed by atoms with Crippen LogP contribution in [-0.4, -0.2) is 56.2 Å². The molecule has 162 valence electrons. The molecular formula is C22H24F2N6O. The van der Waals surface area contributed by atoms with Gasteiger partial charge in [-0.05, 0) is 31.4 Å². The molecule has 2 fully saturated rings. The first-order valence-corrected chi connectivity index (χ1v) is 10.4. The van der Waals surface area contributed by atoms with E-state index >= 15 is 0 Å². The lowest BCUT2D eigenvalue weighted by Crippen LogP contribution is -2.55. The third-order valence-electron chi connectivity index (χ3n) is 6.43. The van der Waals surface area contributed by atoms with E-state index in [1.165, 1.54) is 24.5 Å². The molecule has 4 unspecified atom stereocenters. The Morgan fingerprint density at radius 1 is 1.16 bits per heavy atom. The monoisotopic (exact) mass is 426 g/mol. The fraction of sp³-hybridized carbons (Fsp3) is 0.409. The number of benzene rings is 1. The number of phenolic OH excluding ortho intramolecular Hbond substituents is 1. The summed E-state index contributed by atoms with van der Waals surface area (Å²) in [5, 5.41) is 17.9. The summed E-state index contributed by atoms with van der Waals surface area (Å²) in [6, 6.07) is 2.59. The summed E-state index contributed by atoms with van der Waals surface area (Å²) in [6.45, 7) is 0. The van der Waals surface area contributed by atoms with Crippen LogP contribution in [0.1, 0.15) is 19.3 Å². The number of aromatic hydroxyl groups is 1. The molecule has 2 saturated heterocycles. The quantitative estimate of drug-likeness (QED) is 0.668. The number of halogens is 2. The van der Waals surface area contributed by atoms with E-state index in [0.29, 0.717) is 23.1 Å². The van der Waals surface area contributed by atoms with Crippen molar-refractivity contribution in [3.8, 4) is 28.1 Å². The molecule has 0 spiro atoms. The standard InChI is InChI=1S/C22H24F2N6O/c1-29-11-12(8-27-29)14-7-20(31)15(6-16(14)23)18-9-26-21(10-25-18)30(2)19-5-13-3-4-17(28-13)22(19)24/h6-11,13,17,19,22,28,31H,3-5H2,1-2H3. The van der Waals surface area contributed by atoms with E-state index in [2.05, 4.69) is 20.4 Å². The molecule has 2 aliphatic rings. The fourth-order valence-corrected chi connectivity index (χ4v) is 4.71. The number of aryl methyl sites for hydroxylation is 1. The zero-order chi connectivity index (χ0) is 21.7. The van der Waals surface area contributed by atoms with Crippen LogP contribution in [0, 0.1) is 5.82 Å². The molecule has 1 aromatic carbocycles. The molecule has 7 nitrogen and oxygen atoms in total. The van der Waals surface area contributed by atoms with Gasteiger partial charge in [0.1, 0.15) is 23.6 Å². The molecule has 2 bridgehead atoms. The molecular weight excluding hydrogens is 402 g/mol. The minimum atomic E-state index is -0.969. The van der Waals surface area contributed by atoms with E-state index in [1.54, 1.807) is 24.1 Å². The number of alkyl halides is 1. The third-order valence-corrected chi connectivity index (χ3v) is 6.43. The van der Waals surface area contributed by atoms with Crippen molar-refractivity contribution in [2.24, 2.45) is 7.05 Å². The minimum absolute atomic E-state index is 0.100. The molecule has 5 rings (SSSR count). The number of hydrogen-bond donors (Lipinski definition) is 2. The van der Waals surface area contributed by atoms with Gasteiger partial charge in [0.25, 0.3) is 0 Å². The van der Waals surface area contributed by atoms with Crippen LogP contribution in [0.15, 0.2) is 36.9 Å². The number of fused-ring (bicyclic) bond motifs is 2. The summed E-state index contributed by atoms with van der Waals surface area (Å²) in [5.41, 5.74) is 1.42. The second-order valence-corrected chi connectivity index (χ2v) is 8.42. The fourth-order valence-electron chi connectivity index (χ4n) is 4.71. The second-order valence-electron chi connectivity index (χ2n) is 8.42. The van der Waals surface area contributed by atoms with Crippen molar-refractivity contribution in [1.29, 1.82) is 0 Å². The number of piperidine rings is 1. The number of phenols is 1. The summed E-state index contributed by atoms with van der Waals surface area (Å²) >= 11 is 0. The molecule has 2 aromatic heterocycles. The first-order valence-electron chi connectivity index (χ1n) is 10.4. The van der Waals surface area contributed by atoms with Gasteiger partial charge >= 0.3 is 0 Å². The molecule has 4 heterocycles. The van der Waals surface area contributed by atoms with Gasteiger partial charge in [0, 0.05) is 49.1 Å². The highest BCUT2D eigenvalue weighted by Crippen LogP contribution is 2.36. The van der Waals surface area contributed by atoms with E-state index in [1.807, 2.05) is 11.9 Å². The molecule has 0 aliphatic carbocycles. The molecule has 31 heavy (non-hydrogen) atoms. The Labute approximate surface area is 178 Å². The Morgan fingerprint density at radius 3 is 2.71 bits per heavy atom. The predicted octanol–water partition coefficient (Wildman–Crippen LogP) is 3.06. The van der Waals surface area contributed by atoms with Crippen molar-refractivity contribution >= 4 is 5.82 Å². The van der Waals surface area contributed by atoms with Crippen LogP contribution in [0.2, 0.25) is 0 Å². The van der Waals surface area contributed by atoms with Crippen LogP contribution in [-0.2, 0) is 7.05 Å².